The van der Waals surface area contributed by atoms with Crippen molar-refractivity contribution < 1.29 is 9.90 Å². The summed E-state index contributed by atoms with van der Waals surface area (Å²) >= 11 is 0. The molecule has 0 saturated carbocycles. The fraction of sp³-hybridized carbons (Fsp3) is 0.312. The number of rotatable bonds is 9. The first-order valence-electron chi connectivity index (χ1n) is 7.36. The van der Waals surface area contributed by atoms with E-state index < -0.39 is 12.0 Å². The number of hydrogen-bond donors (Lipinski definition) is 4. The Bertz CT molecular complexity index is 584. The minimum absolute atomic E-state index is 0.320. The number of hydrogen-bond acceptors (Lipinski definition) is 7. The van der Waals surface area contributed by atoms with Crippen LogP contribution in [0.4, 0.5) is 11.4 Å². The highest BCUT2D eigenvalue weighted by atomic mass is 16.4. The highest BCUT2D eigenvalue weighted by molar-refractivity contribution is 5.85. The molecule has 0 fully saturated rings. The first-order valence-corrected chi connectivity index (χ1v) is 7.36. The van der Waals surface area contributed by atoms with E-state index >= 15 is 0 Å². The Balaban J connectivity index is 0.00000254. The molecule has 0 aliphatic heterocycles. The van der Waals surface area contributed by atoms with Crippen molar-refractivity contribution in [2.45, 2.75) is 18.9 Å². The number of carboxylic acid groups (broad SMARTS) is 1. The number of nitrogens with zero attached hydrogens (tertiary/aromatic N) is 3. The molecule has 130 valence electrons. The molecule has 24 heavy (non-hydrogen) atoms. The van der Waals surface area contributed by atoms with E-state index in [2.05, 4.69) is 20.8 Å². The summed E-state index contributed by atoms with van der Waals surface area (Å²) in [6, 6.07) is 6.42. The third-order valence-electron chi connectivity index (χ3n) is 2.73. The monoisotopic (exact) mass is 332 g/mol. The molecule has 0 amide bonds. The fourth-order valence-electron chi connectivity index (χ4n) is 1.61. The van der Waals surface area contributed by atoms with Gasteiger partial charge in [0, 0.05) is 12.4 Å². The number of carboxylic acids is 1. The van der Waals surface area contributed by atoms with Crippen LogP contribution in [0.15, 0.2) is 51.5 Å². The first kappa shape index (κ1) is 21.1. The second-order valence-electron chi connectivity index (χ2n) is 4.40. The minimum atomic E-state index is -0.986. The van der Waals surface area contributed by atoms with Crippen LogP contribution in [0, 0.1) is 5.53 Å². The van der Waals surface area contributed by atoms with E-state index in [-0.39, 0.29) is 0 Å². The maximum Gasteiger partial charge on any atom is 0.328 e. The zero-order valence-corrected chi connectivity index (χ0v) is 13.7. The lowest BCUT2D eigenvalue weighted by Crippen LogP contribution is -2.18. The smallest absolute Gasteiger partial charge is 0.328 e. The molecule has 0 spiro atoms. The fourth-order valence-corrected chi connectivity index (χ4v) is 1.61. The van der Waals surface area contributed by atoms with Crippen LogP contribution >= 0.6 is 0 Å². The quantitative estimate of drug-likeness (QED) is 0.237. The van der Waals surface area contributed by atoms with E-state index in [1.165, 1.54) is 13.3 Å². The highest BCUT2D eigenvalue weighted by Crippen LogP contribution is 2.19. The number of anilines is 1. The average molecular weight is 332 g/mol. The summed E-state index contributed by atoms with van der Waals surface area (Å²) in [4.78, 5) is 19.1. The van der Waals surface area contributed by atoms with E-state index in [0.29, 0.717) is 30.8 Å². The van der Waals surface area contributed by atoms with Crippen molar-refractivity contribution in [3.8, 4) is 0 Å². The van der Waals surface area contributed by atoms with Gasteiger partial charge in [0.2, 0.25) is 0 Å². The van der Waals surface area contributed by atoms with Crippen molar-refractivity contribution in [1.29, 1.82) is 5.53 Å². The van der Waals surface area contributed by atoms with Gasteiger partial charge in [-0.05, 0) is 44.2 Å². The molecule has 0 aliphatic rings. The number of carbonyl (C=O) groups is 1. The number of nitrogens with one attached hydrogen (secondary N) is 1. The summed E-state index contributed by atoms with van der Waals surface area (Å²) in [6.45, 7) is 0.320. The lowest BCUT2D eigenvalue weighted by molar-refractivity contribution is -0.138. The minimum Gasteiger partial charge on any atom is -0.480 e. The molecule has 1 aromatic rings. The molecular formula is C16H24N6O2. The van der Waals surface area contributed by atoms with Crippen molar-refractivity contribution in [2.24, 2.45) is 20.8 Å². The normalized spacial score (nSPS) is 12.2. The molecule has 8 nitrogen and oxygen atoms in total. The second-order valence-corrected chi connectivity index (χ2v) is 4.40. The van der Waals surface area contributed by atoms with Crippen LogP contribution in [0.1, 0.15) is 12.8 Å². The van der Waals surface area contributed by atoms with E-state index in [1.54, 1.807) is 30.5 Å². The third kappa shape index (κ3) is 9.21. The molecule has 1 unspecified atom stereocenters. The second kappa shape index (κ2) is 13.8. The predicted molar refractivity (Wildman–Crippen MR) is 97.4 cm³/mol. The van der Waals surface area contributed by atoms with Crippen molar-refractivity contribution in [3.63, 3.8) is 0 Å². The van der Waals surface area contributed by atoms with Gasteiger partial charge in [-0.2, -0.15) is 5.11 Å². The Morgan fingerprint density at radius 1 is 1.29 bits per heavy atom. The standard InChI is InChI=1S/C15H19N5O2.CH5N/c16-12-6-1-2-7-13(12)18-9-3-4-10-19-14(15(21)22)8-5-11-20-17;1-2/h1-4,6-7,9-10,14,17H,5,8,11,16H2,(H,21,22);2H2,1H3/b4-3+,18-9?,19-10?,20-17?;. The van der Waals surface area contributed by atoms with Crippen molar-refractivity contribution >= 4 is 29.8 Å². The number of para-hydroxylation sites is 2. The lowest BCUT2D eigenvalue weighted by Gasteiger charge is -2.04. The van der Waals surface area contributed by atoms with Gasteiger partial charge in [-0.25, -0.2) is 10.3 Å². The van der Waals surface area contributed by atoms with Crippen LogP contribution in [0.5, 0.6) is 0 Å². The molecule has 1 aromatic carbocycles. The molecule has 0 aromatic heterocycles. The average Bonchev–Trinajstić information content (AvgIpc) is 2.59. The zero-order chi connectivity index (χ0) is 18.2. The Kier molecular flexibility index (Phi) is 12.1. The summed E-state index contributed by atoms with van der Waals surface area (Å²) in [5, 5.41) is 12.2. The molecule has 8 heteroatoms. The molecular weight excluding hydrogens is 308 g/mol. The summed E-state index contributed by atoms with van der Waals surface area (Å²) in [6.07, 6.45) is 7.12. The van der Waals surface area contributed by atoms with Gasteiger partial charge >= 0.3 is 5.97 Å². The van der Waals surface area contributed by atoms with Gasteiger partial charge in [0.1, 0.15) is 6.04 Å². The maximum absolute atomic E-state index is 11.0. The van der Waals surface area contributed by atoms with Crippen LogP contribution in [-0.2, 0) is 4.79 Å². The number of aliphatic carboxylic acids is 1. The highest BCUT2D eigenvalue weighted by Gasteiger charge is 2.13. The third-order valence-corrected chi connectivity index (χ3v) is 2.73. The van der Waals surface area contributed by atoms with Crippen molar-refractivity contribution in [1.82, 2.24) is 0 Å². The Hall–Kier alpha value is -2.87. The number of benzene rings is 1. The largest absolute Gasteiger partial charge is 0.480 e. The molecule has 1 rings (SSSR count). The number of aliphatic imine (C=N–C) groups is 2. The molecule has 0 saturated heterocycles. The molecule has 1 atom stereocenters. The molecule has 0 heterocycles. The van der Waals surface area contributed by atoms with Crippen LogP contribution in [0.25, 0.3) is 0 Å². The first-order chi connectivity index (χ1) is 11.6. The number of nitrogens with two attached hydrogens (primary N) is 2. The summed E-state index contributed by atoms with van der Waals surface area (Å²) in [5.41, 5.74) is 18.2. The Morgan fingerprint density at radius 2 is 1.96 bits per heavy atom. The molecule has 0 bridgehead atoms. The SMILES string of the molecule is CN.N=NCCCC(N=C/C=C/C=Nc1ccccc1N)C(=O)O. The van der Waals surface area contributed by atoms with E-state index in [9.17, 15) is 4.79 Å². The van der Waals surface area contributed by atoms with Gasteiger partial charge in [0.15, 0.2) is 0 Å². The van der Waals surface area contributed by atoms with Crippen LogP contribution in [0.3, 0.4) is 0 Å². The van der Waals surface area contributed by atoms with Crippen LogP contribution in [0.2, 0.25) is 0 Å². The summed E-state index contributed by atoms with van der Waals surface area (Å²) in [7, 11) is 1.50. The Morgan fingerprint density at radius 3 is 2.58 bits per heavy atom. The number of nitrogen functional groups attached to an aromatic ring is 1. The van der Waals surface area contributed by atoms with Gasteiger partial charge < -0.3 is 16.6 Å². The van der Waals surface area contributed by atoms with Gasteiger partial charge in [-0.15, -0.1) is 0 Å². The molecule has 0 aliphatic carbocycles. The van der Waals surface area contributed by atoms with Crippen molar-refractivity contribution in [2.75, 3.05) is 19.3 Å². The molecule has 0 radical (unpaired) electrons. The summed E-state index contributed by atoms with van der Waals surface area (Å²) in [5.74, 6) is -0.986. The topological polar surface area (TPSA) is 150 Å². The van der Waals surface area contributed by atoms with Gasteiger partial charge in [0.05, 0.1) is 17.9 Å². The maximum atomic E-state index is 11.0. The predicted octanol–water partition coefficient (Wildman–Crippen LogP) is 2.44. The van der Waals surface area contributed by atoms with E-state index in [1.807, 2.05) is 12.1 Å². The molecule has 6 N–H and O–H groups in total. The van der Waals surface area contributed by atoms with Gasteiger partial charge in [0.25, 0.3) is 0 Å². The Labute approximate surface area is 141 Å². The number of allylic oxidation sites excluding steroid dienone is 2. The lowest BCUT2D eigenvalue weighted by atomic mass is 10.1. The van der Waals surface area contributed by atoms with E-state index in [0.717, 1.165) is 0 Å². The van der Waals surface area contributed by atoms with Crippen LogP contribution < -0.4 is 11.5 Å². The van der Waals surface area contributed by atoms with Gasteiger partial charge in [-0.1, -0.05) is 12.1 Å². The van der Waals surface area contributed by atoms with Crippen molar-refractivity contribution in [3.05, 3.63) is 36.4 Å². The zero-order valence-electron chi connectivity index (χ0n) is 13.7. The van der Waals surface area contributed by atoms with Crippen LogP contribution in [-0.4, -0.2) is 43.1 Å². The van der Waals surface area contributed by atoms with E-state index in [4.69, 9.17) is 16.4 Å². The van der Waals surface area contributed by atoms with Gasteiger partial charge in [-0.3, -0.25) is 9.98 Å². The summed E-state index contributed by atoms with van der Waals surface area (Å²) < 4.78 is 0.